The van der Waals surface area contributed by atoms with Crippen LogP contribution in [0.25, 0.3) is 5.57 Å². The first kappa shape index (κ1) is 23.8. The highest BCUT2D eigenvalue weighted by Crippen LogP contribution is 2.37. The molecule has 0 aliphatic heterocycles. The molecule has 1 aliphatic rings. The van der Waals surface area contributed by atoms with Crippen LogP contribution in [0.4, 0.5) is 0 Å². The lowest BCUT2D eigenvalue weighted by molar-refractivity contribution is -0.118. The molecule has 1 saturated carbocycles. The van der Waals surface area contributed by atoms with Gasteiger partial charge in [-0.1, -0.05) is 73.1 Å². The van der Waals surface area contributed by atoms with E-state index in [0.29, 0.717) is 0 Å². The highest BCUT2D eigenvalue weighted by Gasteiger charge is 2.40. The molecule has 0 atom stereocenters. The Morgan fingerprint density at radius 2 is 1.72 bits per heavy atom. The summed E-state index contributed by atoms with van der Waals surface area (Å²) >= 11 is 3.57. The number of halogens is 1. The van der Waals surface area contributed by atoms with Gasteiger partial charge in [-0.15, -0.1) is 5.16 Å². The van der Waals surface area contributed by atoms with E-state index in [1.165, 1.54) is 0 Å². The maximum atomic E-state index is 12.7. The van der Waals surface area contributed by atoms with Crippen LogP contribution in [0.3, 0.4) is 0 Å². The van der Waals surface area contributed by atoms with Crippen LogP contribution in [0.15, 0.2) is 52.1 Å². The van der Waals surface area contributed by atoms with Crippen LogP contribution in [-0.2, 0) is 9.32 Å². The molecule has 0 saturated heterocycles. The first-order chi connectivity index (χ1) is 13.5. The number of rotatable bonds is 6. The van der Waals surface area contributed by atoms with Crippen molar-refractivity contribution in [3.8, 4) is 0 Å². The minimum Gasteiger partial charge on any atom is -0.455 e. The number of benzene rings is 1. The number of allylic oxidation sites excluding steroid dienone is 4. The van der Waals surface area contributed by atoms with Gasteiger partial charge in [0.15, 0.2) is 5.78 Å². The molecule has 0 bridgehead atoms. The minimum atomic E-state index is -1.87. The summed E-state index contributed by atoms with van der Waals surface area (Å²) in [5.74, 6) is 0.280. The Balaban J connectivity index is 1.96. The molecule has 0 unspecified atom stereocenters. The van der Waals surface area contributed by atoms with Crippen molar-refractivity contribution in [2.75, 3.05) is 0 Å². The van der Waals surface area contributed by atoms with Gasteiger partial charge in [-0.3, -0.25) is 4.79 Å². The smallest absolute Gasteiger partial charge is 0.286 e. The number of carbonyl (C=O) groups is 1. The third-order valence-corrected chi connectivity index (χ3v) is 10.6. The van der Waals surface area contributed by atoms with Crippen LogP contribution < -0.4 is 0 Å². The molecule has 2 rings (SSSR count). The van der Waals surface area contributed by atoms with Gasteiger partial charge < -0.3 is 4.53 Å². The molecular weight excluding hydrogens is 442 g/mol. The summed E-state index contributed by atoms with van der Waals surface area (Å²) in [5, 5.41) is 4.63. The molecule has 1 fully saturated rings. The highest BCUT2D eigenvalue weighted by molar-refractivity contribution is 9.11. The Bertz CT molecular complexity index is 790. The zero-order chi connectivity index (χ0) is 21.7. The van der Waals surface area contributed by atoms with Crippen LogP contribution in [0.1, 0.15) is 58.9 Å². The number of oxime groups is 1. The van der Waals surface area contributed by atoms with E-state index in [1.54, 1.807) is 6.08 Å². The number of ketones is 1. The van der Waals surface area contributed by atoms with Crippen molar-refractivity contribution in [1.82, 2.24) is 0 Å². The van der Waals surface area contributed by atoms with Crippen molar-refractivity contribution >= 4 is 41.3 Å². The molecule has 1 aliphatic carbocycles. The second-order valence-electron chi connectivity index (χ2n) is 9.33. The van der Waals surface area contributed by atoms with E-state index in [0.717, 1.165) is 47.0 Å². The van der Waals surface area contributed by atoms with E-state index < -0.39 is 8.32 Å². The van der Waals surface area contributed by atoms with Gasteiger partial charge in [0, 0.05) is 5.92 Å². The minimum absolute atomic E-state index is 0.0747. The van der Waals surface area contributed by atoms with Gasteiger partial charge in [0.2, 0.25) is 0 Å². The van der Waals surface area contributed by atoms with Gasteiger partial charge in [0.1, 0.15) is 0 Å². The number of hydrogen-bond donors (Lipinski definition) is 0. The normalized spacial score (nSPS) is 19.1. The molecule has 0 aromatic heterocycles. The topological polar surface area (TPSA) is 38.7 Å². The maximum Gasteiger partial charge on any atom is 0.286 e. The molecule has 0 spiro atoms. The van der Waals surface area contributed by atoms with Crippen molar-refractivity contribution in [1.29, 1.82) is 0 Å². The van der Waals surface area contributed by atoms with Crippen LogP contribution in [0, 0.1) is 5.92 Å². The SMILES string of the molecule is CC(Br)=C(C=CC(=O)C1CCC(=NO[Si](C)(C)C(C)(C)C)CC1)c1ccccc1. The van der Waals surface area contributed by atoms with Crippen molar-refractivity contribution in [2.45, 2.75) is 71.5 Å². The first-order valence-electron chi connectivity index (χ1n) is 10.4. The third-order valence-electron chi connectivity index (χ3n) is 6.04. The molecule has 0 radical (unpaired) electrons. The predicted molar refractivity (Wildman–Crippen MR) is 130 cm³/mol. The van der Waals surface area contributed by atoms with Gasteiger partial charge in [-0.2, -0.15) is 0 Å². The Kier molecular flexibility index (Phi) is 8.24. The Morgan fingerprint density at radius 1 is 1.14 bits per heavy atom. The third kappa shape index (κ3) is 6.78. The van der Waals surface area contributed by atoms with E-state index in [1.807, 2.05) is 31.2 Å². The lowest BCUT2D eigenvalue weighted by atomic mass is 9.85. The van der Waals surface area contributed by atoms with E-state index in [9.17, 15) is 4.79 Å². The van der Waals surface area contributed by atoms with E-state index in [4.69, 9.17) is 4.53 Å². The average Bonchev–Trinajstić information content (AvgIpc) is 2.66. The maximum absolute atomic E-state index is 12.7. The first-order valence-corrected chi connectivity index (χ1v) is 14.1. The summed E-state index contributed by atoms with van der Waals surface area (Å²) in [6.07, 6.45) is 7.06. The molecule has 1 aromatic rings. The molecular formula is C24H34BrNO2Si. The van der Waals surface area contributed by atoms with Crippen molar-refractivity contribution < 1.29 is 9.32 Å². The molecule has 0 amide bonds. The largest absolute Gasteiger partial charge is 0.455 e. The summed E-state index contributed by atoms with van der Waals surface area (Å²) in [4.78, 5) is 12.7. The van der Waals surface area contributed by atoms with E-state index in [2.05, 4.69) is 67.1 Å². The van der Waals surface area contributed by atoms with Crippen LogP contribution >= 0.6 is 15.9 Å². The molecule has 0 heterocycles. The molecule has 1 aromatic carbocycles. The molecule has 5 heteroatoms. The zero-order valence-electron chi connectivity index (χ0n) is 18.6. The summed E-state index contributed by atoms with van der Waals surface area (Å²) < 4.78 is 7.02. The summed E-state index contributed by atoms with van der Waals surface area (Å²) in [6.45, 7) is 13.1. The standard InChI is InChI=1S/C24H34BrNO2Si/c1-18(25)22(19-10-8-7-9-11-19)16-17-23(27)20-12-14-21(15-13-20)26-28-29(5,6)24(2,3)4/h7-11,16-17,20H,12-15H2,1-6H3. The van der Waals surface area contributed by atoms with Gasteiger partial charge in [0.25, 0.3) is 8.32 Å². The molecule has 29 heavy (non-hydrogen) atoms. The zero-order valence-corrected chi connectivity index (χ0v) is 21.2. The Hall–Kier alpha value is -1.46. The number of nitrogens with zero attached hydrogens (tertiary/aromatic N) is 1. The predicted octanol–water partition coefficient (Wildman–Crippen LogP) is 7.51. The Morgan fingerprint density at radius 3 is 2.24 bits per heavy atom. The van der Waals surface area contributed by atoms with Gasteiger partial charge in [-0.25, -0.2) is 0 Å². The van der Waals surface area contributed by atoms with Gasteiger partial charge in [0.05, 0.1) is 5.71 Å². The van der Waals surface area contributed by atoms with E-state index >= 15 is 0 Å². The van der Waals surface area contributed by atoms with Crippen molar-refractivity contribution in [2.24, 2.45) is 11.1 Å². The Labute approximate surface area is 185 Å². The second kappa shape index (κ2) is 10.0. The molecule has 0 N–H and O–H groups in total. The fourth-order valence-electron chi connectivity index (χ4n) is 2.97. The summed E-state index contributed by atoms with van der Waals surface area (Å²) in [6, 6.07) is 10.1. The van der Waals surface area contributed by atoms with Crippen molar-refractivity contribution in [3.05, 3.63) is 52.5 Å². The quantitative estimate of drug-likeness (QED) is 0.184. The second-order valence-corrected chi connectivity index (χ2v) is 15.2. The van der Waals surface area contributed by atoms with Gasteiger partial charge in [-0.05, 0) is 72.4 Å². The number of carbonyl (C=O) groups excluding carboxylic acids is 1. The van der Waals surface area contributed by atoms with Crippen LogP contribution in [0.2, 0.25) is 18.1 Å². The lowest BCUT2D eigenvalue weighted by Crippen LogP contribution is -2.39. The van der Waals surface area contributed by atoms with E-state index in [-0.39, 0.29) is 16.7 Å². The monoisotopic (exact) mass is 475 g/mol. The summed E-state index contributed by atoms with van der Waals surface area (Å²) in [5.41, 5.74) is 3.25. The fraction of sp³-hybridized carbons (Fsp3) is 0.500. The molecule has 158 valence electrons. The fourth-order valence-corrected chi connectivity index (χ4v) is 3.96. The molecule has 3 nitrogen and oxygen atoms in total. The summed E-state index contributed by atoms with van der Waals surface area (Å²) in [7, 11) is -1.87. The van der Waals surface area contributed by atoms with Crippen LogP contribution in [-0.4, -0.2) is 19.8 Å². The average molecular weight is 477 g/mol. The van der Waals surface area contributed by atoms with Crippen LogP contribution in [0.5, 0.6) is 0 Å². The van der Waals surface area contributed by atoms with Crippen molar-refractivity contribution in [3.63, 3.8) is 0 Å². The number of hydrogen-bond acceptors (Lipinski definition) is 3. The lowest BCUT2D eigenvalue weighted by Gasteiger charge is -2.33. The highest BCUT2D eigenvalue weighted by atomic mass is 79.9. The van der Waals surface area contributed by atoms with Gasteiger partial charge >= 0.3 is 0 Å².